The van der Waals surface area contributed by atoms with Gasteiger partial charge in [-0.3, -0.25) is 14.5 Å². The summed E-state index contributed by atoms with van der Waals surface area (Å²) < 4.78 is 1.67. The maximum Gasteiger partial charge on any atom is 0.257 e. The third-order valence-corrected chi connectivity index (χ3v) is 5.67. The summed E-state index contributed by atoms with van der Waals surface area (Å²) in [6, 6.07) is 4.42. The molecule has 0 aromatic carbocycles. The SMILES string of the molecule is Cc1cc(N2CCN(C)CC2)cc(C2CCN(C(=O)c3cnn(C)c3)C2)n1. The smallest absolute Gasteiger partial charge is 0.257 e. The molecule has 0 saturated carbocycles. The first-order valence-corrected chi connectivity index (χ1v) is 9.69. The molecule has 2 aliphatic heterocycles. The normalized spacial score (nSPS) is 21.1. The number of carbonyl (C=O) groups is 1. The summed E-state index contributed by atoms with van der Waals surface area (Å²) in [4.78, 5) is 24.2. The van der Waals surface area contributed by atoms with Crippen LogP contribution in [0.4, 0.5) is 5.69 Å². The van der Waals surface area contributed by atoms with Crippen molar-refractivity contribution in [1.82, 2.24) is 24.6 Å². The van der Waals surface area contributed by atoms with Crippen molar-refractivity contribution >= 4 is 11.6 Å². The van der Waals surface area contributed by atoms with E-state index in [0.29, 0.717) is 11.5 Å². The number of piperazine rings is 1. The van der Waals surface area contributed by atoms with Crippen molar-refractivity contribution in [2.24, 2.45) is 7.05 Å². The third kappa shape index (κ3) is 3.83. The lowest BCUT2D eigenvalue weighted by Crippen LogP contribution is -2.44. The van der Waals surface area contributed by atoms with Crippen molar-refractivity contribution in [2.45, 2.75) is 19.3 Å². The van der Waals surface area contributed by atoms with Crippen LogP contribution in [0.15, 0.2) is 24.5 Å². The molecule has 2 fully saturated rings. The largest absolute Gasteiger partial charge is 0.369 e. The lowest BCUT2D eigenvalue weighted by molar-refractivity contribution is 0.0790. The Hall–Kier alpha value is -2.41. The quantitative estimate of drug-likeness (QED) is 0.822. The molecule has 1 atom stereocenters. The molecule has 4 rings (SSSR count). The minimum Gasteiger partial charge on any atom is -0.369 e. The molecule has 2 aromatic heterocycles. The zero-order valence-electron chi connectivity index (χ0n) is 16.4. The molecule has 0 radical (unpaired) electrons. The molecule has 0 bridgehead atoms. The Kier molecular flexibility index (Phi) is 4.86. The average Bonchev–Trinajstić information content (AvgIpc) is 3.30. The van der Waals surface area contributed by atoms with Gasteiger partial charge in [0.25, 0.3) is 5.91 Å². The van der Waals surface area contributed by atoms with Crippen molar-refractivity contribution in [1.29, 1.82) is 0 Å². The van der Waals surface area contributed by atoms with Gasteiger partial charge in [0.05, 0.1) is 11.8 Å². The van der Waals surface area contributed by atoms with Gasteiger partial charge in [-0.15, -0.1) is 0 Å². The number of pyridine rings is 1. The molecule has 144 valence electrons. The van der Waals surface area contributed by atoms with Crippen LogP contribution < -0.4 is 4.90 Å². The molecule has 2 aromatic rings. The van der Waals surface area contributed by atoms with E-state index in [4.69, 9.17) is 4.98 Å². The topological polar surface area (TPSA) is 57.5 Å². The minimum absolute atomic E-state index is 0.0672. The van der Waals surface area contributed by atoms with Gasteiger partial charge >= 0.3 is 0 Å². The molecule has 7 heteroatoms. The van der Waals surface area contributed by atoms with Crippen LogP contribution in [0.3, 0.4) is 0 Å². The molecule has 0 spiro atoms. The highest BCUT2D eigenvalue weighted by Crippen LogP contribution is 2.30. The van der Waals surface area contributed by atoms with E-state index in [-0.39, 0.29) is 5.91 Å². The number of hydrogen-bond donors (Lipinski definition) is 0. The molecule has 7 nitrogen and oxygen atoms in total. The van der Waals surface area contributed by atoms with Gasteiger partial charge in [0.2, 0.25) is 0 Å². The first-order valence-electron chi connectivity index (χ1n) is 9.69. The second-order valence-electron chi connectivity index (χ2n) is 7.82. The first-order chi connectivity index (χ1) is 13.0. The molecule has 2 saturated heterocycles. The number of aryl methyl sites for hydroxylation is 2. The molecule has 0 N–H and O–H groups in total. The van der Waals surface area contributed by atoms with Crippen LogP contribution in [0.25, 0.3) is 0 Å². The first kappa shape index (κ1) is 18.0. The van der Waals surface area contributed by atoms with Crippen LogP contribution in [0.2, 0.25) is 0 Å². The van der Waals surface area contributed by atoms with E-state index in [0.717, 1.165) is 57.1 Å². The van der Waals surface area contributed by atoms with Gasteiger partial charge in [-0.05, 0) is 32.5 Å². The lowest BCUT2D eigenvalue weighted by atomic mass is 10.0. The molecule has 0 aliphatic carbocycles. The van der Waals surface area contributed by atoms with Crippen molar-refractivity contribution in [3.05, 3.63) is 41.5 Å². The van der Waals surface area contributed by atoms with Crippen LogP contribution in [0.5, 0.6) is 0 Å². The third-order valence-electron chi connectivity index (χ3n) is 5.67. The van der Waals surface area contributed by atoms with E-state index >= 15 is 0 Å². The van der Waals surface area contributed by atoms with E-state index in [1.54, 1.807) is 17.1 Å². The second kappa shape index (κ2) is 7.31. The van der Waals surface area contributed by atoms with Gasteiger partial charge < -0.3 is 14.7 Å². The summed E-state index contributed by atoms with van der Waals surface area (Å²) in [5.41, 5.74) is 4.10. The Morgan fingerprint density at radius 2 is 1.89 bits per heavy atom. The molecule has 1 amide bonds. The number of hydrogen-bond acceptors (Lipinski definition) is 5. The van der Waals surface area contributed by atoms with E-state index in [1.165, 1.54) is 5.69 Å². The minimum atomic E-state index is 0.0672. The zero-order valence-corrected chi connectivity index (χ0v) is 16.4. The van der Waals surface area contributed by atoms with Crippen LogP contribution >= 0.6 is 0 Å². The zero-order chi connectivity index (χ0) is 19.0. The van der Waals surface area contributed by atoms with Crippen LogP contribution in [-0.2, 0) is 7.05 Å². The molecule has 27 heavy (non-hydrogen) atoms. The standard InChI is InChI=1S/C20H28N6O/c1-15-10-18(25-8-6-23(2)7-9-25)11-19(22-15)16-4-5-26(14-16)20(27)17-12-21-24(3)13-17/h10-13,16H,4-9,14H2,1-3H3. The predicted molar refractivity (Wildman–Crippen MR) is 105 cm³/mol. The molecular formula is C20H28N6O. The number of likely N-dealkylation sites (tertiary alicyclic amines) is 1. The average molecular weight is 368 g/mol. The van der Waals surface area contributed by atoms with Crippen LogP contribution in [-0.4, -0.2) is 76.8 Å². The molecule has 1 unspecified atom stereocenters. The number of rotatable bonds is 3. The molecular weight excluding hydrogens is 340 g/mol. The van der Waals surface area contributed by atoms with Gasteiger partial charge in [0.1, 0.15) is 0 Å². The Bertz CT molecular complexity index is 824. The highest BCUT2D eigenvalue weighted by molar-refractivity contribution is 5.94. The Balaban J connectivity index is 1.48. The summed E-state index contributed by atoms with van der Waals surface area (Å²) in [5.74, 6) is 0.370. The summed E-state index contributed by atoms with van der Waals surface area (Å²) in [6.07, 6.45) is 4.39. The van der Waals surface area contributed by atoms with Gasteiger partial charge in [-0.1, -0.05) is 0 Å². The molecule has 4 heterocycles. The highest BCUT2D eigenvalue weighted by atomic mass is 16.2. The van der Waals surface area contributed by atoms with Crippen LogP contribution in [0, 0.1) is 6.92 Å². The van der Waals surface area contributed by atoms with Crippen molar-refractivity contribution in [2.75, 3.05) is 51.2 Å². The number of likely N-dealkylation sites (N-methyl/N-ethyl adjacent to an activating group) is 1. The summed E-state index contributed by atoms with van der Waals surface area (Å²) in [7, 11) is 4.01. The van der Waals surface area contributed by atoms with E-state index in [9.17, 15) is 4.79 Å². The monoisotopic (exact) mass is 368 g/mol. The second-order valence-corrected chi connectivity index (χ2v) is 7.82. The number of aromatic nitrogens is 3. The summed E-state index contributed by atoms with van der Waals surface area (Å²) >= 11 is 0. The summed E-state index contributed by atoms with van der Waals surface area (Å²) in [6.45, 7) is 7.85. The number of carbonyl (C=O) groups excluding carboxylic acids is 1. The lowest BCUT2D eigenvalue weighted by Gasteiger charge is -2.34. The number of nitrogens with zero attached hydrogens (tertiary/aromatic N) is 6. The van der Waals surface area contributed by atoms with Crippen molar-refractivity contribution in [3.63, 3.8) is 0 Å². The highest BCUT2D eigenvalue weighted by Gasteiger charge is 2.30. The van der Waals surface area contributed by atoms with Crippen molar-refractivity contribution < 1.29 is 4.79 Å². The number of amides is 1. The van der Waals surface area contributed by atoms with Crippen molar-refractivity contribution in [3.8, 4) is 0 Å². The Labute approximate surface area is 160 Å². The molecule has 2 aliphatic rings. The fourth-order valence-electron chi connectivity index (χ4n) is 4.03. The van der Waals surface area contributed by atoms with Gasteiger partial charge in [0.15, 0.2) is 0 Å². The van der Waals surface area contributed by atoms with Gasteiger partial charge in [-0.2, -0.15) is 5.10 Å². The fraction of sp³-hybridized carbons (Fsp3) is 0.550. The maximum absolute atomic E-state index is 12.7. The van der Waals surface area contributed by atoms with Gasteiger partial charge in [0, 0.05) is 75.5 Å². The Morgan fingerprint density at radius 1 is 1.11 bits per heavy atom. The van der Waals surface area contributed by atoms with Gasteiger partial charge in [-0.25, -0.2) is 0 Å². The predicted octanol–water partition coefficient (Wildman–Crippen LogP) is 1.51. The van der Waals surface area contributed by atoms with Crippen LogP contribution in [0.1, 0.15) is 34.1 Å². The van der Waals surface area contributed by atoms with E-state index in [1.807, 2.05) is 11.9 Å². The fourth-order valence-corrected chi connectivity index (χ4v) is 4.03. The maximum atomic E-state index is 12.7. The van der Waals surface area contributed by atoms with E-state index < -0.39 is 0 Å². The number of anilines is 1. The summed E-state index contributed by atoms with van der Waals surface area (Å²) in [5, 5.41) is 4.11. The Morgan fingerprint density at radius 3 is 2.59 bits per heavy atom. The van der Waals surface area contributed by atoms with E-state index in [2.05, 4.69) is 41.0 Å².